The normalized spacial score (nSPS) is 41.7. The molecular weight excluding hydrogens is 492 g/mol. The molecule has 4 fully saturated rings. The first kappa shape index (κ1) is 29.9. The van der Waals surface area contributed by atoms with Gasteiger partial charge in [0.05, 0.1) is 6.10 Å². The van der Waals surface area contributed by atoms with Crippen molar-refractivity contribution in [2.45, 2.75) is 125 Å². The quantitative estimate of drug-likeness (QED) is 0.223. The molecule has 224 valence electrons. The molecule has 1 aromatic rings. The van der Waals surface area contributed by atoms with E-state index in [0.717, 1.165) is 48.9 Å². The summed E-state index contributed by atoms with van der Waals surface area (Å²) < 4.78 is 0. The molecule has 4 heteroatoms. The second-order valence-corrected chi connectivity index (χ2v) is 16.1. The van der Waals surface area contributed by atoms with E-state index >= 15 is 0 Å². The number of aliphatic hydroxyl groups excluding tert-OH is 1. The standard InChI is InChI=1S/C36H58N2O2/c1-22(2)8-7-9-23(3)28-11-12-29-27-10-13-32-35(5,30(27)14-16-34(28,29)4)17-15-33(40)36(32,6)21-31(39)24-18-25(37)20-26(38)19-24/h18-20,22-23,27-30,32-33,40H,7-17,21,37-38H2,1-6H3. The van der Waals surface area contributed by atoms with Gasteiger partial charge in [0, 0.05) is 28.8 Å². The summed E-state index contributed by atoms with van der Waals surface area (Å²) in [5.74, 6) is 5.30. The maximum Gasteiger partial charge on any atom is 0.163 e. The van der Waals surface area contributed by atoms with E-state index < -0.39 is 11.5 Å². The predicted octanol–water partition coefficient (Wildman–Crippen LogP) is 8.52. The summed E-state index contributed by atoms with van der Waals surface area (Å²) >= 11 is 0. The van der Waals surface area contributed by atoms with Gasteiger partial charge in [-0.25, -0.2) is 0 Å². The lowest BCUT2D eigenvalue weighted by atomic mass is 9.40. The third-order valence-corrected chi connectivity index (χ3v) is 13.4. The molecule has 5 rings (SSSR count). The number of fused-ring (bicyclic) bond motifs is 5. The van der Waals surface area contributed by atoms with Crippen molar-refractivity contribution in [1.82, 2.24) is 0 Å². The van der Waals surface area contributed by atoms with Crippen molar-refractivity contribution in [3.05, 3.63) is 23.8 Å². The largest absolute Gasteiger partial charge is 0.399 e. The Hall–Kier alpha value is -1.55. The van der Waals surface area contributed by atoms with Crippen molar-refractivity contribution in [3.8, 4) is 0 Å². The summed E-state index contributed by atoms with van der Waals surface area (Å²) in [4.78, 5) is 13.6. The number of benzene rings is 1. The number of ketones is 1. The molecule has 0 spiro atoms. The molecule has 4 saturated carbocycles. The van der Waals surface area contributed by atoms with Crippen LogP contribution < -0.4 is 11.5 Å². The van der Waals surface area contributed by atoms with Crippen LogP contribution in [-0.4, -0.2) is 17.0 Å². The molecule has 5 N–H and O–H groups in total. The SMILES string of the molecule is CC(C)CCCC(C)C1CCC2C3CCC4C(C)(CC(=O)c5cc(N)cc(N)c5)C(O)CCC4(C)C3CCC12C. The monoisotopic (exact) mass is 550 g/mol. The highest BCUT2D eigenvalue weighted by atomic mass is 16.3. The lowest BCUT2D eigenvalue weighted by molar-refractivity contribution is -0.183. The van der Waals surface area contributed by atoms with E-state index in [0.29, 0.717) is 40.6 Å². The molecule has 0 saturated heterocycles. The van der Waals surface area contributed by atoms with Gasteiger partial charge in [-0.1, -0.05) is 60.8 Å². The molecule has 0 aliphatic heterocycles. The summed E-state index contributed by atoms with van der Waals surface area (Å²) in [5, 5.41) is 11.5. The van der Waals surface area contributed by atoms with Crippen LogP contribution in [0.25, 0.3) is 0 Å². The zero-order valence-electron chi connectivity index (χ0n) is 26.3. The van der Waals surface area contributed by atoms with Crippen molar-refractivity contribution in [2.24, 2.45) is 57.7 Å². The summed E-state index contributed by atoms with van der Waals surface area (Å²) in [6, 6.07) is 5.19. The number of nitrogens with two attached hydrogens (primary N) is 2. The minimum atomic E-state index is -0.444. The van der Waals surface area contributed by atoms with Crippen LogP contribution in [0.4, 0.5) is 11.4 Å². The van der Waals surface area contributed by atoms with Crippen LogP contribution in [0.1, 0.15) is 129 Å². The van der Waals surface area contributed by atoms with Gasteiger partial charge in [0.2, 0.25) is 0 Å². The molecule has 0 radical (unpaired) electrons. The first-order valence-corrected chi connectivity index (χ1v) is 16.7. The maximum absolute atomic E-state index is 13.6. The highest BCUT2D eigenvalue weighted by molar-refractivity contribution is 5.98. The van der Waals surface area contributed by atoms with E-state index in [-0.39, 0.29) is 11.2 Å². The highest BCUT2D eigenvalue weighted by Gasteiger charge is 2.64. The Morgan fingerprint density at radius 1 is 0.875 bits per heavy atom. The fourth-order valence-corrected chi connectivity index (χ4v) is 11.5. The van der Waals surface area contributed by atoms with E-state index in [9.17, 15) is 9.90 Å². The zero-order valence-corrected chi connectivity index (χ0v) is 26.3. The number of carbonyl (C=O) groups is 1. The first-order chi connectivity index (χ1) is 18.8. The average Bonchev–Trinajstić information content (AvgIpc) is 3.23. The molecule has 10 atom stereocenters. The third-order valence-electron chi connectivity index (χ3n) is 13.4. The minimum absolute atomic E-state index is 0.0632. The van der Waals surface area contributed by atoms with E-state index in [1.807, 2.05) is 0 Å². The molecule has 4 nitrogen and oxygen atoms in total. The second-order valence-electron chi connectivity index (χ2n) is 16.1. The molecule has 4 aliphatic carbocycles. The number of hydrogen-bond acceptors (Lipinski definition) is 4. The van der Waals surface area contributed by atoms with Crippen molar-refractivity contribution >= 4 is 17.2 Å². The Balaban J connectivity index is 1.34. The Morgan fingerprint density at radius 3 is 2.20 bits per heavy atom. The number of rotatable bonds is 8. The molecular formula is C36H58N2O2. The van der Waals surface area contributed by atoms with Gasteiger partial charge in [-0.3, -0.25) is 4.79 Å². The van der Waals surface area contributed by atoms with Crippen LogP contribution in [0.3, 0.4) is 0 Å². The molecule has 40 heavy (non-hydrogen) atoms. The molecule has 10 unspecified atom stereocenters. The Morgan fingerprint density at radius 2 is 1.52 bits per heavy atom. The topological polar surface area (TPSA) is 89.3 Å². The fraction of sp³-hybridized carbons (Fsp3) is 0.806. The molecule has 4 aliphatic rings. The maximum atomic E-state index is 13.6. The van der Waals surface area contributed by atoms with Crippen LogP contribution in [0.15, 0.2) is 18.2 Å². The van der Waals surface area contributed by atoms with Gasteiger partial charge in [0.1, 0.15) is 0 Å². The van der Waals surface area contributed by atoms with Gasteiger partial charge in [-0.05, 0) is 122 Å². The predicted molar refractivity (Wildman–Crippen MR) is 167 cm³/mol. The van der Waals surface area contributed by atoms with Crippen molar-refractivity contribution in [1.29, 1.82) is 0 Å². The van der Waals surface area contributed by atoms with Gasteiger partial charge in [0.15, 0.2) is 5.78 Å². The smallest absolute Gasteiger partial charge is 0.163 e. The van der Waals surface area contributed by atoms with Crippen LogP contribution in [0.2, 0.25) is 0 Å². The summed E-state index contributed by atoms with van der Waals surface area (Å²) in [7, 11) is 0. The molecule has 1 aromatic carbocycles. The van der Waals surface area contributed by atoms with E-state index in [1.54, 1.807) is 18.2 Å². The van der Waals surface area contributed by atoms with Gasteiger partial charge in [-0.15, -0.1) is 0 Å². The minimum Gasteiger partial charge on any atom is -0.399 e. The Kier molecular flexibility index (Phi) is 8.18. The van der Waals surface area contributed by atoms with Gasteiger partial charge < -0.3 is 16.6 Å². The summed E-state index contributed by atoms with van der Waals surface area (Å²) in [6.07, 6.45) is 13.9. The number of anilines is 2. The molecule has 0 heterocycles. The number of Topliss-reactive ketones (excluding diaryl/α,β-unsaturated/α-hetero) is 1. The van der Waals surface area contributed by atoms with Crippen molar-refractivity contribution in [2.75, 3.05) is 11.5 Å². The number of aliphatic hydroxyl groups is 1. The van der Waals surface area contributed by atoms with Gasteiger partial charge in [0.25, 0.3) is 0 Å². The van der Waals surface area contributed by atoms with Gasteiger partial charge >= 0.3 is 0 Å². The lowest BCUT2D eigenvalue weighted by Gasteiger charge is -2.65. The average molecular weight is 551 g/mol. The first-order valence-electron chi connectivity index (χ1n) is 16.7. The van der Waals surface area contributed by atoms with Crippen LogP contribution in [0.5, 0.6) is 0 Å². The van der Waals surface area contributed by atoms with Crippen LogP contribution >= 0.6 is 0 Å². The van der Waals surface area contributed by atoms with E-state index in [2.05, 4.69) is 41.5 Å². The Labute approximate surface area is 244 Å². The molecule has 0 amide bonds. The van der Waals surface area contributed by atoms with Crippen LogP contribution in [-0.2, 0) is 0 Å². The van der Waals surface area contributed by atoms with Crippen molar-refractivity contribution < 1.29 is 9.90 Å². The number of carbonyl (C=O) groups excluding carboxylic acids is 1. The number of hydrogen-bond donors (Lipinski definition) is 3. The summed E-state index contributed by atoms with van der Waals surface area (Å²) in [5.41, 5.74) is 13.9. The summed E-state index contributed by atoms with van der Waals surface area (Å²) in [6.45, 7) is 14.7. The second kappa shape index (κ2) is 10.9. The third kappa shape index (κ3) is 5.03. The molecule has 0 aromatic heterocycles. The van der Waals surface area contributed by atoms with E-state index in [1.165, 1.54) is 51.4 Å². The number of nitrogen functional groups attached to an aromatic ring is 2. The van der Waals surface area contributed by atoms with Crippen molar-refractivity contribution in [3.63, 3.8) is 0 Å². The zero-order chi connectivity index (χ0) is 29.0. The highest BCUT2D eigenvalue weighted by Crippen LogP contribution is 2.70. The fourth-order valence-electron chi connectivity index (χ4n) is 11.5. The molecule has 0 bridgehead atoms. The van der Waals surface area contributed by atoms with E-state index in [4.69, 9.17) is 11.5 Å². The Bertz CT molecular complexity index is 1060. The lowest BCUT2D eigenvalue weighted by Crippen LogP contribution is -2.60. The van der Waals surface area contributed by atoms with Crippen LogP contribution in [0, 0.1) is 57.7 Å². The van der Waals surface area contributed by atoms with Gasteiger partial charge in [-0.2, -0.15) is 0 Å².